The number of likely N-dealkylation sites (tertiary alicyclic amines) is 1. The molecular formula is C18H29N3O3S. The van der Waals surface area contributed by atoms with Crippen molar-refractivity contribution in [3.05, 3.63) is 29.8 Å². The van der Waals surface area contributed by atoms with Gasteiger partial charge in [-0.2, -0.15) is 0 Å². The van der Waals surface area contributed by atoms with Gasteiger partial charge in [0, 0.05) is 25.2 Å². The summed E-state index contributed by atoms with van der Waals surface area (Å²) in [7, 11) is 0.310. The number of carbonyl (C=O) groups excluding carboxylic acids is 1. The molecule has 0 saturated carbocycles. The predicted molar refractivity (Wildman–Crippen MR) is 99.2 cm³/mol. The highest BCUT2D eigenvalue weighted by molar-refractivity contribution is 7.89. The summed E-state index contributed by atoms with van der Waals surface area (Å²) in [5.74, 6) is -0.0773. The Labute approximate surface area is 151 Å². The monoisotopic (exact) mass is 367 g/mol. The first kappa shape index (κ1) is 19.9. The summed E-state index contributed by atoms with van der Waals surface area (Å²) in [5.41, 5.74) is 0.443. The van der Waals surface area contributed by atoms with Crippen molar-refractivity contribution in [2.75, 3.05) is 40.3 Å². The number of nitrogens with zero attached hydrogens (tertiary/aromatic N) is 2. The van der Waals surface area contributed by atoms with Crippen molar-refractivity contribution in [2.45, 2.75) is 37.0 Å². The quantitative estimate of drug-likeness (QED) is 0.748. The molecule has 0 radical (unpaired) electrons. The Bertz CT molecular complexity index is 666. The number of hydrogen-bond donors (Lipinski definition) is 1. The first-order valence-electron chi connectivity index (χ1n) is 8.94. The van der Waals surface area contributed by atoms with Crippen molar-refractivity contribution in [3.63, 3.8) is 0 Å². The standard InChI is InChI=1S/C18H29N3O3S/c1-20(2)12-8-11-19-25(23,24)17-10-7-9-16(15-17)18(22)21-13-5-3-4-6-14-21/h7,9-10,15,19H,3-6,8,11-14H2,1-2H3. The van der Waals surface area contributed by atoms with Crippen molar-refractivity contribution >= 4 is 15.9 Å². The first-order valence-corrected chi connectivity index (χ1v) is 10.4. The van der Waals surface area contributed by atoms with Gasteiger partial charge >= 0.3 is 0 Å². The minimum absolute atomic E-state index is 0.0773. The molecule has 6 nitrogen and oxygen atoms in total. The van der Waals surface area contributed by atoms with Crippen LogP contribution in [0.3, 0.4) is 0 Å². The van der Waals surface area contributed by atoms with E-state index in [2.05, 4.69) is 4.72 Å². The SMILES string of the molecule is CN(C)CCCNS(=O)(=O)c1cccc(C(=O)N2CCCCCC2)c1. The van der Waals surface area contributed by atoms with E-state index >= 15 is 0 Å². The topological polar surface area (TPSA) is 69.7 Å². The Kier molecular flexibility index (Phi) is 7.40. The Balaban J connectivity index is 2.05. The van der Waals surface area contributed by atoms with Gasteiger partial charge in [0.15, 0.2) is 0 Å². The molecule has 0 aromatic heterocycles. The van der Waals surface area contributed by atoms with E-state index in [1.54, 1.807) is 12.1 Å². The number of amides is 1. The van der Waals surface area contributed by atoms with Crippen molar-refractivity contribution in [1.82, 2.24) is 14.5 Å². The average molecular weight is 368 g/mol. The maximum absolute atomic E-state index is 12.7. The van der Waals surface area contributed by atoms with E-state index in [1.807, 2.05) is 23.9 Å². The van der Waals surface area contributed by atoms with Crippen LogP contribution in [0.5, 0.6) is 0 Å². The van der Waals surface area contributed by atoms with Gasteiger partial charge < -0.3 is 9.80 Å². The van der Waals surface area contributed by atoms with Crippen LogP contribution in [0.4, 0.5) is 0 Å². The molecule has 2 rings (SSSR count). The Hall–Kier alpha value is -1.44. The molecule has 1 amide bonds. The fourth-order valence-corrected chi connectivity index (χ4v) is 4.06. The van der Waals surface area contributed by atoms with Crippen LogP contribution < -0.4 is 4.72 Å². The molecule has 0 unspecified atom stereocenters. The minimum Gasteiger partial charge on any atom is -0.339 e. The summed E-state index contributed by atoms with van der Waals surface area (Å²) in [5, 5.41) is 0. The lowest BCUT2D eigenvalue weighted by Crippen LogP contribution is -2.32. The van der Waals surface area contributed by atoms with Crippen molar-refractivity contribution < 1.29 is 13.2 Å². The van der Waals surface area contributed by atoms with Crippen LogP contribution in [0.2, 0.25) is 0 Å². The summed E-state index contributed by atoms with van der Waals surface area (Å²) in [6.07, 6.45) is 5.05. The third kappa shape index (κ3) is 6.09. The van der Waals surface area contributed by atoms with Crippen LogP contribution in [0.15, 0.2) is 29.2 Å². The Morgan fingerprint density at radius 1 is 1.16 bits per heavy atom. The number of rotatable bonds is 7. The number of sulfonamides is 1. The van der Waals surface area contributed by atoms with Crippen LogP contribution in [0, 0.1) is 0 Å². The molecule has 1 N–H and O–H groups in total. The van der Waals surface area contributed by atoms with Gasteiger partial charge in [-0.15, -0.1) is 0 Å². The van der Waals surface area contributed by atoms with Crippen LogP contribution in [-0.4, -0.2) is 64.4 Å². The molecule has 1 aromatic rings. The normalized spacial score (nSPS) is 16.0. The van der Waals surface area contributed by atoms with Gasteiger partial charge in [0.1, 0.15) is 0 Å². The Morgan fingerprint density at radius 3 is 2.48 bits per heavy atom. The fourth-order valence-electron chi connectivity index (χ4n) is 2.94. The van der Waals surface area contributed by atoms with Gasteiger partial charge in [-0.1, -0.05) is 18.9 Å². The largest absolute Gasteiger partial charge is 0.339 e. The average Bonchev–Trinajstić information content (AvgIpc) is 2.87. The van der Waals surface area contributed by atoms with E-state index in [4.69, 9.17) is 0 Å². The number of nitrogens with one attached hydrogen (secondary N) is 1. The van der Waals surface area contributed by atoms with E-state index in [0.29, 0.717) is 12.1 Å². The smallest absolute Gasteiger partial charge is 0.253 e. The van der Waals surface area contributed by atoms with Crippen LogP contribution in [0.1, 0.15) is 42.5 Å². The molecule has 0 aliphatic carbocycles. The molecule has 1 heterocycles. The number of carbonyl (C=O) groups is 1. The zero-order valence-electron chi connectivity index (χ0n) is 15.2. The molecular weight excluding hydrogens is 338 g/mol. The molecule has 1 aliphatic heterocycles. The van der Waals surface area contributed by atoms with E-state index in [9.17, 15) is 13.2 Å². The van der Waals surface area contributed by atoms with Gasteiger partial charge in [-0.3, -0.25) is 4.79 Å². The summed E-state index contributed by atoms with van der Waals surface area (Å²) in [6, 6.07) is 6.35. The van der Waals surface area contributed by atoms with Crippen molar-refractivity contribution in [1.29, 1.82) is 0 Å². The highest BCUT2D eigenvalue weighted by Gasteiger charge is 2.20. The lowest BCUT2D eigenvalue weighted by Gasteiger charge is -2.20. The van der Waals surface area contributed by atoms with Crippen molar-refractivity contribution in [3.8, 4) is 0 Å². The summed E-state index contributed by atoms with van der Waals surface area (Å²) < 4.78 is 27.5. The lowest BCUT2D eigenvalue weighted by atomic mass is 10.2. The third-order valence-electron chi connectivity index (χ3n) is 4.36. The first-order chi connectivity index (χ1) is 11.9. The van der Waals surface area contributed by atoms with Gasteiger partial charge in [0.2, 0.25) is 10.0 Å². The molecule has 1 aromatic carbocycles. The maximum Gasteiger partial charge on any atom is 0.253 e. The molecule has 1 aliphatic rings. The van der Waals surface area contributed by atoms with Crippen LogP contribution >= 0.6 is 0 Å². The third-order valence-corrected chi connectivity index (χ3v) is 5.82. The molecule has 25 heavy (non-hydrogen) atoms. The van der Waals surface area contributed by atoms with Crippen LogP contribution in [0.25, 0.3) is 0 Å². The molecule has 0 atom stereocenters. The molecule has 140 valence electrons. The molecule has 1 saturated heterocycles. The van der Waals surface area contributed by atoms with Gasteiger partial charge in [0.05, 0.1) is 4.90 Å². The minimum atomic E-state index is -3.59. The van der Waals surface area contributed by atoms with E-state index in [0.717, 1.165) is 51.7 Å². The molecule has 0 spiro atoms. The second-order valence-electron chi connectivity index (χ2n) is 6.79. The molecule has 7 heteroatoms. The lowest BCUT2D eigenvalue weighted by molar-refractivity contribution is 0.0761. The van der Waals surface area contributed by atoms with E-state index < -0.39 is 10.0 Å². The summed E-state index contributed by atoms with van der Waals surface area (Å²) in [6.45, 7) is 2.69. The highest BCUT2D eigenvalue weighted by atomic mass is 32.2. The van der Waals surface area contributed by atoms with Gasteiger partial charge in [0.25, 0.3) is 5.91 Å². The zero-order chi connectivity index (χ0) is 18.3. The fraction of sp³-hybridized carbons (Fsp3) is 0.611. The summed E-state index contributed by atoms with van der Waals surface area (Å²) in [4.78, 5) is 16.7. The van der Waals surface area contributed by atoms with Gasteiger partial charge in [-0.25, -0.2) is 13.1 Å². The zero-order valence-corrected chi connectivity index (χ0v) is 16.0. The molecule has 0 bridgehead atoms. The number of hydrogen-bond acceptors (Lipinski definition) is 4. The van der Waals surface area contributed by atoms with E-state index in [-0.39, 0.29) is 10.8 Å². The van der Waals surface area contributed by atoms with Crippen molar-refractivity contribution in [2.24, 2.45) is 0 Å². The second kappa shape index (κ2) is 9.31. The van der Waals surface area contributed by atoms with E-state index in [1.165, 1.54) is 12.1 Å². The highest BCUT2D eigenvalue weighted by Crippen LogP contribution is 2.16. The van der Waals surface area contributed by atoms with Gasteiger partial charge in [-0.05, 0) is 58.1 Å². The predicted octanol–water partition coefficient (Wildman–Crippen LogP) is 1.93. The Morgan fingerprint density at radius 2 is 1.84 bits per heavy atom. The molecule has 1 fully saturated rings. The van der Waals surface area contributed by atoms with Crippen LogP contribution in [-0.2, 0) is 10.0 Å². The summed E-state index contributed by atoms with van der Waals surface area (Å²) >= 11 is 0. The number of benzene rings is 1. The second-order valence-corrected chi connectivity index (χ2v) is 8.56. The maximum atomic E-state index is 12.7.